The smallest absolute Gasteiger partial charge is 0.271 e. The monoisotopic (exact) mass is 248 g/mol. The summed E-state index contributed by atoms with van der Waals surface area (Å²) in [5.41, 5.74) is 1.74. The molecule has 1 heterocycles. The van der Waals surface area contributed by atoms with Gasteiger partial charge in [-0.3, -0.25) is 4.79 Å². The Hall–Kier alpha value is -1.29. The summed E-state index contributed by atoms with van der Waals surface area (Å²) in [7, 11) is -1.35. The van der Waals surface area contributed by atoms with Crippen LogP contribution in [0.25, 0.3) is 0 Å². The highest BCUT2D eigenvalue weighted by Gasteiger charge is 2.20. The van der Waals surface area contributed by atoms with Crippen LogP contribution in [0, 0.1) is 0 Å². The molecule has 2 N–H and O–H groups in total. The van der Waals surface area contributed by atoms with E-state index in [4.69, 9.17) is 0 Å². The fourth-order valence-electron chi connectivity index (χ4n) is 1.96. The summed E-state index contributed by atoms with van der Waals surface area (Å²) in [5, 5.41) is 4.19. The Morgan fingerprint density at radius 3 is 2.65 bits per heavy atom. The second-order valence-electron chi connectivity index (χ2n) is 5.61. The molecular weight excluding hydrogens is 228 g/mol. The molecule has 1 amide bonds. The van der Waals surface area contributed by atoms with Gasteiger partial charge in [0.1, 0.15) is 5.69 Å². The number of amides is 1. The lowest BCUT2D eigenvalue weighted by atomic mass is 10.3. The lowest BCUT2D eigenvalue weighted by molar-refractivity contribution is 0.0961. The number of nitrogens with one attached hydrogen (secondary N) is 2. The zero-order chi connectivity index (χ0) is 12.5. The molecule has 1 aliphatic rings. The molecule has 0 aliphatic heterocycles. The molecule has 17 heavy (non-hydrogen) atoms. The standard InChI is InChI=1S/C13H20N2OSi/c1-17(2,3)12-9-8-11(15-12)13(16)14-10-6-4-5-7-10/h6,8-9,15H,4-5,7H2,1-3H3,(H,14,16). The SMILES string of the molecule is C[Si](C)(C)c1ccc(C(=O)NC2=CCCC2)[nH]1. The summed E-state index contributed by atoms with van der Waals surface area (Å²) in [6.45, 7) is 6.79. The second kappa shape index (κ2) is 4.53. The molecule has 0 radical (unpaired) electrons. The first-order chi connectivity index (χ1) is 7.97. The maximum Gasteiger partial charge on any atom is 0.271 e. The second-order valence-corrected chi connectivity index (χ2v) is 10.7. The molecular formula is C13H20N2OSi. The first-order valence-electron chi connectivity index (χ1n) is 6.17. The minimum atomic E-state index is -1.35. The van der Waals surface area contributed by atoms with Crippen molar-refractivity contribution in [1.82, 2.24) is 10.3 Å². The van der Waals surface area contributed by atoms with Crippen molar-refractivity contribution in [2.75, 3.05) is 0 Å². The van der Waals surface area contributed by atoms with Crippen LogP contribution in [0.4, 0.5) is 0 Å². The van der Waals surface area contributed by atoms with Crippen molar-refractivity contribution < 1.29 is 4.79 Å². The fraction of sp³-hybridized carbons (Fsp3) is 0.462. The van der Waals surface area contributed by atoms with Crippen molar-refractivity contribution in [3.05, 3.63) is 29.6 Å². The minimum absolute atomic E-state index is 0.0114. The zero-order valence-electron chi connectivity index (χ0n) is 10.8. The molecule has 0 unspecified atom stereocenters. The van der Waals surface area contributed by atoms with Gasteiger partial charge in [0, 0.05) is 5.70 Å². The van der Waals surface area contributed by atoms with Gasteiger partial charge in [-0.05, 0) is 36.7 Å². The van der Waals surface area contributed by atoms with E-state index in [-0.39, 0.29) is 5.91 Å². The van der Waals surface area contributed by atoms with E-state index in [0.29, 0.717) is 5.69 Å². The van der Waals surface area contributed by atoms with Gasteiger partial charge in [-0.2, -0.15) is 0 Å². The number of hydrogen-bond acceptors (Lipinski definition) is 1. The summed E-state index contributed by atoms with van der Waals surface area (Å²) in [5.74, 6) is -0.0114. The Kier molecular flexibility index (Phi) is 3.24. The highest BCUT2D eigenvalue weighted by atomic mass is 28.3. The number of hydrogen-bond donors (Lipinski definition) is 2. The van der Waals surface area contributed by atoms with E-state index in [1.54, 1.807) is 0 Å². The molecule has 0 atom stereocenters. The summed E-state index contributed by atoms with van der Waals surface area (Å²) >= 11 is 0. The number of H-pyrrole nitrogens is 1. The van der Waals surface area contributed by atoms with Crippen molar-refractivity contribution in [1.29, 1.82) is 0 Å². The van der Waals surface area contributed by atoms with Gasteiger partial charge in [-0.25, -0.2) is 0 Å². The Balaban J connectivity index is 2.07. The number of carbonyl (C=O) groups is 1. The van der Waals surface area contributed by atoms with Crippen LogP contribution in [0.2, 0.25) is 19.6 Å². The van der Waals surface area contributed by atoms with Gasteiger partial charge in [0.15, 0.2) is 0 Å². The molecule has 0 saturated heterocycles. The van der Waals surface area contributed by atoms with E-state index in [2.05, 4.69) is 36.0 Å². The highest BCUT2D eigenvalue weighted by molar-refractivity contribution is 6.88. The van der Waals surface area contributed by atoms with Gasteiger partial charge < -0.3 is 10.3 Å². The van der Waals surface area contributed by atoms with E-state index < -0.39 is 8.07 Å². The Morgan fingerprint density at radius 2 is 2.12 bits per heavy atom. The van der Waals surface area contributed by atoms with E-state index in [0.717, 1.165) is 25.0 Å². The molecule has 1 aliphatic carbocycles. The predicted octanol–water partition coefficient (Wildman–Crippen LogP) is 2.36. The van der Waals surface area contributed by atoms with Gasteiger partial charge in [0.05, 0.1) is 8.07 Å². The van der Waals surface area contributed by atoms with Crippen LogP contribution >= 0.6 is 0 Å². The molecule has 2 rings (SSSR count). The molecule has 92 valence electrons. The largest absolute Gasteiger partial charge is 0.358 e. The molecule has 0 fully saturated rings. The van der Waals surface area contributed by atoms with Crippen LogP contribution in [0.15, 0.2) is 23.9 Å². The van der Waals surface area contributed by atoms with Gasteiger partial charge in [0.2, 0.25) is 0 Å². The molecule has 3 nitrogen and oxygen atoms in total. The van der Waals surface area contributed by atoms with E-state index in [1.807, 2.05) is 12.1 Å². The Bertz CT molecular complexity index is 454. The summed E-state index contributed by atoms with van der Waals surface area (Å²) in [4.78, 5) is 15.2. The molecule has 0 aromatic carbocycles. The van der Waals surface area contributed by atoms with Crippen molar-refractivity contribution >= 4 is 19.3 Å². The van der Waals surface area contributed by atoms with Crippen LogP contribution in [-0.4, -0.2) is 19.0 Å². The quantitative estimate of drug-likeness (QED) is 0.792. The molecule has 0 saturated carbocycles. The zero-order valence-corrected chi connectivity index (χ0v) is 11.8. The van der Waals surface area contributed by atoms with Gasteiger partial charge >= 0.3 is 0 Å². The average Bonchev–Trinajstić information content (AvgIpc) is 2.85. The van der Waals surface area contributed by atoms with E-state index in [1.165, 1.54) is 5.32 Å². The van der Waals surface area contributed by atoms with Crippen LogP contribution < -0.4 is 10.6 Å². The third-order valence-corrected chi connectivity index (χ3v) is 4.96. The topological polar surface area (TPSA) is 44.9 Å². The van der Waals surface area contributed by atoms with Crippen LogP contribution in [0.3, 0.4) is 0 Å². The number of aromatic nitrogens is 1. The maximum absolute atomic E-state index is 12.0. The van der Waals surface area contributed by atoms with E-state index in [9.17, 15) is 4.79 Å². The average molecular weight is 248 g/mol. The summed E-state index contributed by atoms with van der Waals surface area (Å²) in [6, 6.07) is 3.93. The van der Waals surface area contributed by atoms with Crippen molar-refractivity contribution in [2.45, 2.75) is 38.9 Å². The maximum atomic E-state index is 12.0. The third kappa shape index (κ3) is 2.88. The molecule has 0 spiro atoms. The highest BCUT2D eigenvalue weighted by Crippen LogP contribution is 2.15. The Labute approximate surface area is 103 Å². The number of allylic oxidation sites excluding steroid dienone is 2. The molecule has 1 aromatic heterocycles. The summed E-state index contributed by atoms with van der Waals surface area (Å²) < 4.78 is 0. The predicted molar refractivity (Wildman–Crippen MR) is 73.2 cm³/mol. The van der Waals surface area contributed by atoms with E-state index >= 15 is 0 Å². The third-order valence-electron chi connectivity index (χ3n) is 3.05. The van der Waals surface area contributed by atoms with Crippen LogP contribution in [0.5, 0.6) is 0 Å². The van der Waals surface area contributed by atoms with Gasteiger partial charge in [-0.1, -0.05) is 25.7 Å². The lowest BCUT2D eigenvalue weighted by Crippen LogP contribution is -2.39. The van der Waals surface area contributed by atoms with Crippen molar-refractivity contribution in [3.8, 4) is 0 Å². The van der Waals surface area contributed by atoms with Crippen molar-refractivity contribution in [2.24, 2.45) is 0 Å². The molecule has 1 aromatic rings. The summed E-state index contributed by atoms with van der Waals surface area (Å²) in [6.07, 6.45) is 5.34. The Morgan fingerprint density at radius 1 is 1.35 bits per heavy atom. The first-order valence-corrected chi connectivity index (χ1v) is 9.67. The normalized spacial score (nSPS) is 15.8. The first kappa shape index (κ1) is 12.2. The van der Waals surface area contributed by atoms with Crippen LogP contribution in [-0.2, 0) is 0 Å². The minimum Gasteiger partial charge on any atom is -0.358 e. The fourth-order valence-corrected chi connectivity index (χ4v) is 3.06. The number of rotatable bonds is 3. The molecule has 4 heteroatoms. The number of aromatic amines is 1. The lowest BCUT2D eigenvalue weighted by Gasteiger charge is -2.13. The number of carbonyl (C=O) groups excluding carboxylic acids is 1. The molecule has 0 bridgehead atoms. The van der Waals surface area contributed by atoms with Crippen LogP contribution in [0.1, 0.15) is 29.8 Å². The van der Waals surface area contributed by atoms with Gasteiger partial charge in [0.25, 0.3) is 5.91 Å². The van der Waals surface area contributed by atoms with Gasteiger partial charge in [-0.15, -0.1) is 0 Å². The van der Waals surface area contributed by atoms with Crippen molar-refractivity contribution in [3.63, 3.8) is 0 Å².